The number of ether oxygens (including phenoxy) is 2. The monoisotopic (exact) mass is 264 g/mol. The van der Waals surface area contributed by atoms with E-state index in [4.69, 9.17) is 9.47 Å². The van der Waals surface area contributed by atoms with E-state index in [-0.39, 0.29) is 12.5 Å². The van der Waals surface area contributed by atoms with E-state index in [1.54, 1.807) is 7.11 Å². The van der Waals surface area contributed by atoms with Gasteiger partial charge in [0, 0.05) is 32.0 Å². The van der Waals surface area contributed by atoms with Crippen LogP contribution in [0.2, 0.25) is 0 Å². The van der Waals surface area contributed by atoms with Crippen molar-refractivity contribution in [3.63, 3.8) is 0 Å². The van der Waals surface area contributed by atoms with Crippen molar-refractivity contribution in [2.24, 2.45) is 0 Å². The number of nitrogens with zero attached hydrogens (tertiary/aromatic N) is 1. The maximum absolute atomic E-state index is 11.5. The molecule has 104 valence electrons. The molecule has 1 aliphatic heterocycles. The minimum absolute atomic E-state index is 0.0387. The van der Waals surface area contributed by atoms with Crippen LogP contribution in [0.25, 0.3) is 0 Å². The van der Waals surface area contributed by atoms with Crippen LogP contribution in [0.15, 0.2) is 18.2 Å². The smallest absolute Gasteiger partial charge is 0.250 e. The zero-order chi connectivity index (χ0) is 13.7. The largest absolute Gasteiger partial charge is 0.494 e. The molecule has 1 aromatic carbocycles. The second kappa shape index (κ2) is 6.43. The molecule has 19 heavy (non-hydrogen) atoms. The molecule has 0 aliphatic carbocycles. The van der Waals surface area contributed by atoms with Crippen molar-refractivity contribution in [1.82, 2.24) is 0 Å². The second-order valence-corrected chi connectivity index (χ2v) is 4.56. The fourth-order valence-electron chi connectivity index (χ4n) is 2.27. The van der Waals surface area contributed by atoms with Crippen LogP contribution in [-0.2, 0) is 9.53 Å². The molecule has 0 radical (unpaired) electrons. The third-order valence-corrected chi connectivity index (χ3v) is 3.21. The SMILES string of the molecule is COCC(=O)Nc1ccc(N2CCCC2)cc1OC. The lowest BCUT2D eigenvalue weighted by molar-refractivity contribution is -0.119. The van der Waals surface area contributed by atoms with Crippen LogP contribution < -0.4 is 15.0 Å². The predicted octanol–water partition coefficient (Wildman–Crippen LogP) is 1.88. The number of benzene rings is 1. The molecule has 0 aromatic heterocycles. The summed E-state index contributed by atoms with van der Waals surface area (Å²) in [6.07, 6.45) is 2.46. The summed E-state index contributed by atoms with van der Waals surface area (Å²) in [7, 11) is 3.10. The molecule has 0 unspecified atom stereocenters. The lowest BCUT2D eigenvalue weighted by Crippen LogP contribution is -2.19. The number of anilines is 2. The van der Waals surface area contributed by atoms with Gasteiger partial charge in [-0.3, -0.25) is 4.79 Å². The van der Waals surface area contributed by atoms with E-state index in [0.717, 1.165) is 18.8 Å². The van der Waals surface area contributed by atoms with Crippen LogP contribution in [0.3, 0.4) is 0 Å². The number of carbonyl (C=O) groups is 1. The number of hydrogen-bond donors (Lipinski definition) is 1. The van der Waals surface area contributed by atoms with Gasteiger partial charge in [-0.05, 0) is 25.0 Å². The summed E-state index contributed by atoms with van der Waals surface area (Å²) in [6.45, 7) is 2.20. The average Bonchev–Trinajstić information content (AvgIpc) is 2.93. The van der Waals surface area contributed by atoms with Crippen LogP contribution >= 0.6 is 0 Å². The van der Waals surface area contributed by atoms with Crippen molar-refractivity contribution >= 4 is 17.3 Å². The number of rotatable bonds is 5. The zero-order valence-corrected chi connectivity index (χ0v) is 11.4. The van der Waals surface area contributed by atoms with Crippen LogP contribution in [0.1, 0.15) is 12.8 Å². The van der Waals surface area contributed by atoms with E-state index < -0.39 is 0 Å². The molecule has 0 atom stereocenters. The minimum atomic E-state index is -0.185. The lowest BCUT2D eigenvalue weighted by atomic mass is 10.2. The van der Waals surface area contributed by atoms with Gasteiger partial charge in [-0.15, -0.1) is 0 Å². The summed E-state index contributed by atoms with van der Waals surface area (Å²) in [6, 6.07) is 5.85. The Hall–Kier alpha value is -1.75. The Kier molecular flexibility index (Phi) is 4.63. The number of nitrogens with one attached hydrogen (secondary N) is 1. The molecular weight excluding hydrogens is 244 g/mol. The molecule has 5 nitrogen and oxygen atoms in total. The third-order valence-electron chi connectivity index (χ3n) is 3.21. The number of carbonyl (C=O) groups excluding carboxylic acids is 1. The summed E-state index contributed by atoms with van der Waals surface area (Å²) in [4.78, 5) is 13.8. The molecule has 1 saturated heterocycles. The molecule has 0 saturated carbocycles. The molecule has 1 N–H and O–H groups in total. The second-order valence-electron chi connectivity index (χ2n) is 4.56. The van der Waals surface area contributed by atoms with Crippen molar-refractivity contribution in [3.05, 3.63) is 18.2 Å². The zero-order valence-electron chi connectivity index (χ0n) is 11.4. The van der Waals surface area contributed by atoms with Crippen LogP contribution in [0.4, 0.5) is 11.4 Å². The molecule has 2 rings (SSSR count). The van der Waals surface area contributed by atoms with E-state index >= 15 is 0 Å². The fraction of sp³-hybridized carbons (Fsp3) is 0.500. The average molecular weight is 264 g/mol. The Morgan fingerprint density at radius 1 is 1.32 bits per heavy atom. The lowest BCUT2D eigenvalue weighted by Gasteiger charge is -2.19. The van der Waals surface area contributed by atoms with Gasteiger partial charge >= 0.3 is 0 Å². The summed E-state index contributed by atoms with van der Waals surface area (Å²) >= 11 is 0. The van der Waals surface area contributed by atoms with Crippen molar-refractivity contribution in [1.29, 1.82) is 0 Å². The Labute approximate surface area is 113 Å². The van der Waals surface area contributed by atoms with Gasteiger partial charge in [0.15, 0.2) is 0 Å². The highest BCUT2D eigenvalue weighted by molar-refractivity contribution is 5.93. The molecule has 0 spiro atoms. The summed E-state index contributed by atoms with van der Waals surface area (Å²) in [5.41, 5.74) is 1.81. The first kappa shape index (κ1) is 13.7. The number of methoxy groups -OCH3 is 2. The van der Waals surface area contributed by atoms with Crippen molar-refractivity contribution in [3.8, 4) is 5.75 Å². The Balaban J connectivity index is 2.13. The van der Waals surface area contributed by atoms with E-state index in [0.29, 0.717) is 11.4 Å². The van der Waals surface area contributed by atoms with E-state index in [1.807, 2.05) is 18.2 Å². The Morgan fingerprint density at radius 2 is 2.05 bits per heavy atom. The topological polar surface area (TPSA) is 50.8 Å². The molecule has 1 fully saturated rings. The molecule has 5 heteroatoms. The Bertz CT molecular complexity index is 442. The van der Waals surface area contributed by atoms with Crippen LogP contribution in [-0.4, -0.2) is 39.8 Å². The van der Waals surface area contributed by atoms with Gasteiger partial charge < -0.3 is 19.7 Å². The maximum atomic E-state index is 11.5. The first-order chi connectivity index (χ1) is 9.24. The van der Waals surface area contributed by atoms with E-state index in [2.05, 4.69) is 10.2 Å². The minimum Gasteiger partial charge on any atom is -0.494 e. The normalized spacial score (nSPS) is 14.5. The molecule has 0 bridgehead atoms. The fourth-order valence-corrected chi connectivity index (χ4v) is 2.27. The highest BCUT2D eigenvalue weighted by atomic mass is 16.5. The first-order valence-corrected chi connectivity index (χ1v) is 6.46. The van der Waals surface area contributed by atoms with Gasteiger partial charge in [-0.1, -0.05) is 0 Å². The molecule has 1 amide bonds. The third kappa shape index (κ3) is 3.38. The van der Waals surface area contributed by atoms with E-state index in [9.17, 15) is 4.79 Å². The van der Waals surface area contributed by atoms with Gasteiger partial charge in [0.05, 0.1) is 12.8 Å². The van der Waals surface area contributed by atoms with E-state index in [1.165, 1.54) is 20.0 Å². The van der Waals surface area contributed by atoms with Gasteiger partial charge in [0.2, 0.25) is 5.91 Å². The molecule has 1 aromatic rings. The first-order valence-electron chi connectivity index (χ1n) is 6.46. The molecular formula is C14H20N2O3. The molecule has 1 heterocycles. The molecule has 1 aliphatic rings. The van der Waals surface area contributed by atoms with Gasteiger partial charge in [0.25, 0.3) is 0 Å². The summed E-state index contributed by atoms with van der Waals surface area (Å²) in [5.74, 6) is 0.489. The van der Waals surface area contributed by atoms with Gasteiger partial charge in [0.1, 0.15) is 12.4 Å². The van der Waals surface area contributed by atoms with Gasteiger partial charge in [-0.25, -0.2) is 0 Å². The van der Waals surface area contributed by atoms with Crippen molar-refractivity contribution < 1.29 is 14.3 Å². The quantitative estimate of drug-likeness (QED) is 0.882. The summed E-state index contributed by atoms with van der Waals surface area (Å²) < 4.78 is 10.1. The maximum Gasteiger partial charge on any atom is 0.250 e. The van der Waals surface area contributed by atoms with Crippen molar-refractivity contribution in [2.75, 3.05) is 44.1 Å². The Morgan fingerprint density at radius 3 is 2.68 bits per heavy atom. The van der Waals surface area contributed by atoms with Crippen LogP contribution in [0, 0.1) is 0 Å². The van der Waals surface area contributed by atoms with Crippen molar-refractivity contribution in [2.45, 2.75) is 12.8 Å². The predicted molar refractivity (Wildman–Crippen MR) is 74.9 cm³/mol. The van der Waals surface area contributed by atoms with Crippen LogP contribution in [0.5, 0.6) is 5.75 Å². The number of hydrogen-bond acceptors (Lipinski definition) is 4. The number of amides is 1. The summed E-state index contributed by atoms with van der Waals surface area (Å²) in [5, 5.41) is 2.77. The standard InChI is InChI=1S/C14H20N2O3/c1-18-10-14(17)15-12-6-5-11(9-13(12)19-2)16-7-3-4-8-16/h5-6,9H,3-4,7-8,10H2,1-2H3,(H,15,17). The highest BCUT2D eigenvalue weighted by Gasteiger charge is 2.15. The van der Waals surface area contributed by atoms with Gasteiger partial charge in [-0.2, -0.15) is 0 Å². The highest BCUT2D eigenvalue weighted by Crippen LogP contribution is 2.31.